The number of benzene rings is 4. The van der Waals surface area contributed by atoms with Gasteiger partial charge >= 0.3 is 0 Å². The van der Waals surface area contributed by atoms with Gasteiger partial charge in [-0.25, -0.2) is 4.98 Å². The Balaban J connectivity index is 1.25. The predicted octanol–water partition coefficient (Wildman–Crippen LogP) is 7.20. The number of fused-ring (bicyclic) bond motifs is 14. The molecular formula is C39H38N6O3. The predicted molar refractivity (Wildman–Crippen MR) is 188 cm³/mol. The van der Waals surface area contributed by atoms with E-state index in [2.05, 4.69) is 125 Å². The van der Waals surface area contributed by atoms with Gasteiger partial charge in [0.05, 0.1) is 45.2 Å². The molecule has 3 aliphatic rings. The number of carbonyl (C=O) groups excluding carboxylic acids is 1. The molecule has 9 heteroatoms. The highest BCUT2D eigenvalue weighted by Gasteiger charge is 2.54. The van der Waals surface area contributed by atoms with E-state index in [1.165, 1.54) is 0 Å². The number of nitrogens with zero attached hydrogens (tertiary/aromatic N) is 5. The van der Waals surface area contributed by atoms with Crippen LogP contribution in [0.2, 0.25) is 0 Å². The molecule has 9 nitrogen and oxygen atoms in total. The van der Waals surface area contributed by atoms with E-state index in [1.807, 2.05) is 7.11 Å². The molecule has 3 aromatic heterocycles. The summed E-state index contributed by atoms with van der Waals surface area (Å²) in [4.78, 5) is 21.2. The zero-order valence-corrected chi connectivity index (χ0v) is 27.8. The molecule has 0 saturated carbocycles. The van der Waals surface area contributed by atoms with Gasteiger partial charge in [-0.15, -0.1) is 0 Å². The molecule has 1 N–H and O–H groups in total. The Bertz CT molecular complexity index is 2500. The van der Waals surface area contributed by atoms with E-state index in [0.29, 0.717) is 19.5 Å². The lowest BCUT2D eigenvalue weighted by Gasteiger charge is -2.50. The number of carbonyl (C=O) groups is 1. The summed E-state index contributed by atoms with van der Waals surface area (Å²) < 4.78 is 21.1. The Morgan fingerprint density at radius 2 is 1.67 bits per heavy atom. The summed E-state index contributed by atoms with van der Waals surface area (Å²) in [6.45, 7) is 7.80. The maximum Gasteiger partial charge on any atom is 0.252 e. The molecule has 7 aromatic rings. The monoisotopic (exact) mass is 638 g/mol. The first-order valence-electron chi connectivity index (χ1n) is 17.0. The summed E-state index contributed by atoms with van der Waals surface area (Å²) in [5.41, 5.74) is 7.48. The Hall–Kier alpha value is -4.70. The highest BCUT2D eigenvalue weighted by atomic mass is 16.6. The minimum atomic E-state index is -0.868. The Morgan fingerprint density at radius 3 is 2.42 bits per heavy atom. The third-order valence-electron chi connectivity index (χ3n) is 11.3. The van der Waals surface area contributed by atoms with Gasteiger partial charge in [0, 0.05) is 53.7 Å². The Morgan fingerprint density at radius 1 is 0.979 bits per heavy atom. The fourth-order valence-corrected chi connectivity index (χ4v) is 9.56. The van der Waals surface area contributed by atoms with Gasteiger partial charge in [-0.2, -0.15) is 0 Å². The van der Waals surface area contributed by atoms with Crippen molar-refractivity contribution >= 4 is 60.6 Å². The summed E-state index contributed by atoms with van der Waals surface area (Å²) in [5.74, 6) is 1.03. The van der Waals surface area contributed by atoms with Crippen molar-refractivity contribution in [3.05, 3.63) is 89.7 Å². The molecule has 1 amide bonds. The Kier molecular flexibility index (Phi) is 5.72. The van der Waals surface area contributed by atoms with Crippen LogP contribution < -0.4 is 5.32 Å². The van der Waals surface area contributed by atoms with Gasteiger partial charge in [0.25, 0.3) is 5.91 Å². The van der Waals surface area contributed by atoms with Crippen LogP contribution in [0.25, 0.3) is 54.6 Å². The van der Waals surface area contributed by atoms with Crippen molar-refractivity contribution in [3.8, 4) is 0 Å². The van der Waals surface area contributed by atoms with Gasteiger partial charge < -0.3 is 28.5 Å². The van der Waals surface area contributed by atoms with Crippen LogP contribution in [0.5, 0.6) is 0 Å². The van der Waals surface area contributed by atoms with E-state index >= 15 is 0 Å². The van der Waals surface area contributed by atoms with E-state index in [-0.39, 0.29) is 30.3 Å². The minimum absolute atomic E-state index is 0.00796. The number of para-hydroxylation sites is 4. The molecule has 3 aliphatic heterocycles. The molecule has 48 heavy (non-hydrogen) atoms. The normalized spacial score (nSPS) is 23.5. The van der Waals surface area contributed by atoms with Gasteiger partial charge in [0.15, 0.2) is 5.72 Å². The number of aromatic nitrogens is 4. The van der Waals surface area contributed by atoms with Crippen LogP contribution in [-0.4, -0.2) is 55.8 Å². The highest BCUT2D eigenvalue weighted by Crippen LogP contribution is 2.54. The van der Waals surface area contributed by atoms with Crippen molar-refractivity contribution < 1.29 is 14.3 Å². The second-order valence-electron chi connectivity index (χ2n) is 14.2. The molecular weight excluding hydrogens is 600 g/mol. The van der Waals surface area contributed by atoms with E-state index < -0.39 is 5.72 Å². The van der Waals surface area contributed by atoms with E-state index in [4.69, 9.17) is 14.5 Å². The number of rotatable bonds is 5. The van der Waals surface area contributed by atoms with Crippen molar-refractivity contribution in [2.45, 2.75) is 70.4 Å². The van der Waals surface area contributed by atoms with Gasteiger partial charge in [-0.05, 0) is 57.6 Å². The number of amides is 1. The lowest BCUT2D eigenvalue weighted by atomic mass is 9.91. The largest absolute Gasteiger partial charge is 0.375 e. The number of likely N-dealkylation sites (N-methyl/N-ethyl adjacent to an activating group) is 1. The SMILES string of the molecule is CO[C@@H]1[C@H](N(C)Cc2nc3ccccc3n2C(C)C)C[C@H]2O[C@]1(C)n1c3ccccc3c3c4c(c5c6ccccc6n2c5c31)C(=O)NC4. The average molecular weight is 639 g/mol. The molecule has 10 rings (SSSR count). The van der Waals surface area contributed by atoms with Crippen LogP contribution in [0.4, 0.5) is 0 Å². The van der Waals surface area contributed by atoms with Crippen molar-refractivity contribution in [1.29, 1.82) is 0 Å². The lowest BCUT2D eigenvalue weighted by molar-refractivity contribution is -0.268. The van der Waals surface area contributed by atoms with E-state index in [9.17, 15) is 4.79 Å². The second kappa shape index (κ2) is 9.69. The first-order valence-corrected chi connectivity index (χ1v) is 17.0. The van der Waals surface area contributed by atoms with E-state index in [0.717, 1.165) is 71.6 Å². The number of hydrogen-bond donors (Lipinski definition) is 1. The maximum absolute atomic E-state index is 13.7. The number of nitrogens with one attached hydrogen (secondary N) is 1. The quantitative estimate of drug-likeness (QED) is 0.216. The summed E-state index contributed by atoms with van der Waals surface area (Å²) >= 11 is 0. The van der Waals surface area contributed by atoms with Crippen molar-refractivity contribution in [2.24, 2.45) is 0 Å². The summed E-state index contributed by atoms with van der Waals surface area (Å²) in [6.07, 6.45) is 0.0893. The smallest absolute Gasteiger partial charge is 0.252 e. The lowest BCUT2D eigenvalue weighted by Crippen LogP contribution is -2.60. The first kappa shape index (κ1) is 28.3. The van der Waals surface area contributed by atoms with Crippen LogP contribution in [0.1, 0.15) is 61.2 Å². The van der Waals surface area contributed by atoms with Gasteiger partial charge in [-0.3, -0.25) is 9.69 Å². The molecule has 6 heterocycles. The van der Waals surface area contributed by atoms with Crippen LogP contribution in [0, 0.1) is 0 Å². The summed E-state index contributed by atoms with van der Waals surface area (Å²) in [5, 5.41) is 7.51. The van der Waals surface area contributed by atoms with Crippen LogP contribution in [0.15, 0.2) is 72.8 Å². The fraction of sp³-hybridized carbons (Fsp3) is 0.333. The number of methoxy groups -OCH3 is 1. The minimum Gasteiger partial charge on any atom is -0.375 e. The molecule has 0 unspecified atom stereocenters. The zero-order valence-electron chi connectivity index (χ0n) is 27.8. The van der Waals surface area contributed by atoms with Gasteiger partial charge in [-0.1, -0.05) is 48.5 Å². The highest BCUT2D eigenvalue weighted by molar-refractivity contribution is 6.31. The summed E-state index contributed by atoms with van der Waals surface area (Å²) in [6, 6.07) is 25.7. The molecule has 4 aromatic carbocycles. The third kappa shape index (κ3) is 3.41. The topological polar surface area (TPSA) is 78.5 Å². The molecule has 1 fully saturated rings. The third-order valence-corrected chi connectivity index (χ3v) is 11.3. The molecule has 0 aliphatic carbocycles. The number of ether oxygens (including phenoxy) is 2. The van der Waals surface area contributed by atoms with Crippen LogP contribution in [0.3, 0.4) is 0 Å². The second-order valence-corrected chi connectivity index (χ2v) is 14.2. The van der Waals surface area contributed by atoms with Gasteiger partial charge in [0.2, 0.25) is 0 Å². The maximum atomic E-state index is 13.7. The number of imidazole rings is 1. The molecule has 4 atom stereocenters. The molecule has 2 bridgehead atoms. The van der Waals surface area contributed by atoms with Crippen molar-refractivity contribution in [1.82, 2.24) is 28.9 Å². The summed E-state index contributed by atoms with van der Waals surface area (Å²) in [7, 11) is 4.01. The van der Waals surface area contributed by atoms with Crippen LogP contribution in [-0.2, 0) is 28.3 Å². The van der Waals surface area contributed by atoms with Crippen LogP contribution >= 0.6 is 0 Å². The average Bonchev–Trinajstić information content (AvgIpc) is 3.81. The number of hydrogen-bond acceptors (Lipinski definition) is 5. The van der Waals surface area contributed by atoms with Gasteiger partial charge in [0.1, 0.15) is 18.2 Å². The zero-order chi connectivity index (χ0) is 32.6. The standard InChI is InChI=1S/C39H38N6O3/c1-21(2)43-28-17-11-8-14-25(28)41-30(43)20-42(4)29-18-31-44-26-15-9-6-12-22(26)33-34-24(19-40-38(34)46)32-23-13-7-10-16-27(23)45(36(32)35(33)44)39(3,48-31)37(29)47-5/h6-17,21,29,31,37H,18-20H2,1-5H3,(H,40,46)/t29-,31-,37-,39+/m1/s1. The molecule has 242 valence electrons. The molecule has 1 saturated heterocycles. The van der Waals surface area contributed by atoms with E-state index in [1.54, 1.807) is 0 Å². The van der Waals surface area contributed by atoms with Crippen molar-refractivity contribution in [3.63, 3.8) is 0 Å². The Labute approximate surface area is 277 Å². The molecule has 0 spiro atoms. The first-order chi connectivity index (χ1) is 23.3. The molecule has 0 radical (unpaired) electrons. The fourth-order valence-electron chi connectivity index (χ4n) is 9.56. The van der Waals surface area contributed by atoms with Crippen molar-refractivity contribution in [2.75, 3.05) is 14.2 Å².